The monoisotopic (exact) mass is 412 g/mol. The minimum Gasteiger partial charge on any atom is -0.477 e. The molecule has 10 nitrogen and oxygen atoms in total. The van der Waals surface area contributed by atoms with Gasteiger partial charge >= 0.3 is 5.97 Å². The first kappa shape index (κ1) is 20.9. The maximum atomic E-state index is 13.1. The summed E-state index contributed by atoms with van der Waals surface area (Å²) in [5.41, 5.74) is -0.0258. The number of nitrogens with zero attached hydrogens (tertiary/aromatic N) is 4. The molecular weight excluding hydrogens is 392 g/mol. The molecule has 0 fully saturated rings. The van der Waals surface area contributed by atoms with Crippen molar-refractivity contribution in [3.63, 3.8) is 0 Å². The molecule has 10 heteroatoms. The van der Waals surface area contributed by atoms with Crippen LogP contribution in [-0.2, 0) is 25.7 Å². The number of allylic oxidation sites excluding steroid dienone is 1. The van der Waals surface area contributed by atoms with Gasteiger partial charge in [0.05, 0.1) is 10.5 Å². The number of nitro groups is 1. The van der Waals surface area contributed by atoms with Crippen LogP contribution in [0.15, 0.2) is 48.7 Å². The normalized spacial score (nSPS) is 14.4. The number of carbonyl (C=O) groups is 2. The predicted octanol–water partition coefficient (Wildman–Crippen LogP) is 2.45. The maximum Gasteiger partial charge on any atom is 0.331 e. The predicted molar refractivity (Wildman–Crippen MR) is 104 cm³/mol. The van der Waals surface area contributed by atoms with Crippen LogP contribution in [0.2, 0.25) is 0 Å². The van der Waals surface area contributed by atoms with Gasteiger partial charge in [-0.1, -0.05) is 0 Å². The van der Waals surface area contributed by atoms with Crippen LogP contribution in [-0.4, -0.2) is 43.9 Å². The smallest absolute Gasteiger partial charge is 0.331 e. The number of aromatic nitrogens is 2. The third-order valence-electron chi connectivity index (χ3n) is 4.76. The molecular formula is C20H20N4O6. The number of benzene rings is 1. The lowest BCUT2D eigenvalue weighted by Crippen LogP contribution is -2.56. The Morgan fingerprint density at radius 3 is 2.50 bits per heavy atom. The average Bonchev–Trinajstić information content (AvgIpc) is 2.72. The molecule has 1 aliphatic rings. The van der Waals surface area contributed by atoms with E-state index in [1.54, 1.807) is 20.8 Å². The minimum atomic E-state index is -1.32. The molecule has 1 aromatic carbocycles. The van der Waals surface area contributed by atoms with Gasteiger partial charge in [-0.25, -0.2) is 14.8 Å². The molecule has 0 aliphatic carbocycles. The Morgan fingerprint density at radius 2 is 1.90 bits per heavy atom. The SMILES string of the molecule is CC1=C(c2cncnc2)C(=O)N(C(C)(C)C(=O)OCc2ccc([N+](=O)[O-])cc2)CO1. The molecule has 0 bridgehead atoms. The quantitative estimate of drug-likeness (QED) is 0.402. The van der Waals surface area contributed by atoms with Crippen molar-refractivity contribution < 1.29 is 24.0 Å². The first-order chi connectivity index (χ1) is 14.2. The molecule has 3 rings (SSSR count). The number of esters is 1. The Bertz CT molecular complexity index is 1000. The lowest BCUT2D eigenvalue weighted by Gasteiger charge is -2.39. The van der Waals surface area contributed by atoms with Crippen molar-refractivity contribution in [1.29, 1.82) is 0 Å². The molecule has 2 aromatic rings. The van der Waals surface area contributed by atoms with Crippen LogP contribution < -0.4 is 0 Å². The summed E-state index contributed by atoms with van der Waals surface area (Å²) in [5.74, 6) is -0.618. The Balaban J connectivity index is 1.73. The molecule has 0 saturated heterocycles. The highest BCUT2D eigenvalue weighted by Crippen LogP contribution is 2.30. The molecule has 0 atom stereocenters. The standard InChI is InChI=1S/C20H20N4O6/c1-13-17(15-8-21-11-22-9-15)18(25)23(12-30-13)20(2,3)19(26)29-10-14-4-6-16(7-5-14)24(27)28/h4-9,11H,10,12H2,1-3H3. The summed E-state index contributed by atoms with van der Waals surface area (Å²) in [6.45, 7) is 4.59. The van der Waals surface area contributed by atoms with E-state index in [2.05, 4.69) is 9.97 Å². The Labute approximate surface area is 172 Å². The number of rotatable bonds is 6. The van der Waals surface area contributed by atoms with Gasteiger partial charge in [-0.2, -0.15) is 0 Å². The summed E-state index contributed by atoms with van der Waals surface area (Å²) in [4.78, 5) is 45.2. The molecule has 0 radical (unpaired) electrons. The van der Waals surface area contributed by atoms with Crippen LogP contribution in [0.5, 0.6) is 0 Å². The Morgan fingerprint density at radius 1 is 1.27 bits per heavy atom. The number of non-ortho nitro benzene ring substituents is 1. The van der Waals surface area contributed by atoms with Gasteiger partial charge in [-0.05, 0) is 38.5 Å². The number of hydrogen-bond acceptors (Lipinski definition) is 8. The fourth-order valence-corrected chi connectivity index (χ4v) is 2.90. The molecule has 1 aliphatic heterocycles. The third kappa shape index (κ3) is 4.12. The molecule has 0 saturated carbocycles. The van der Waals surface area contributed by atoms with E-state index in [0.29, 0.717) is 16.9 Å². The van der Waals surface area contributed by atoms with Crippen molar-refractivity contribution in [3.05, 3.63) is 70.0 Å². The zero-order chi connectivity index (χ0) is 21.9. The zero-order valence-electron chi connectivity index (χ0n) is 16.7. The summed E-state index contributed by atoms with van der Waals surface area (Å²) in [6, 6.07) is 5.68. The van der Waals surface area contributed by atoms with Crippen LogP contribution in [0.25, 0.3) is 5.57 Å². The summed E-state index contributed by atoms with van der Waals surface area (Å²) in [5, 5.41) is 10.7. The minimum absolute atomic E-state index is 0.0546. The van der Waals surface area contributed by atoms with E-state index in [0.717, 1.165) is 0 Å². The topological polar surface area (TPSA) is 125 Å². The number of amides is 1. The number of hydrogen-bond donors (Lipinski definition) is 0. The van der Waals surface area contributed by atoms with Crippen LogP contribution in [0.1, 0.15) is 31.9 Å². The van der Waals surface area contributed by atoms with Crippen LogP contribution in [0, 0.1) is 10.1 Å². The van der Waals surface area contributed by atoms with Gasteiger partial charge in [-0.3, -0.25) is 19.8 Å². The summed E-state index contributed by atoms with van der Waals surface area (Å²) < 4.78 is 11.0. The second-order valence-corrected chi connectivity index (χ2v) is 7.12. The summed E-state index contributed by atoms with van der Waals surface area (Å²) in [6.07, 6.45) is 4.35. The van der Waals surface area contributed by atoms with E-state index in [1.165, 1.54) is 47.9 Å². The molecule has 0 unspecified atom stereocenters. The first-order valence-electron chi connectivity index (χ1n) is 9.03. The Hall–Kier alpha value is -3.82. The first-order valence-corrected chi connectivity index (χ1v) is 9.03. The lowest BCUT2D eigenvalue weighted by atomic mass is 9.98. The van der Waals surface area contributed by atoms with Crippen LogP contribution >= 0.6 is 0 Å². The number of ether oxygens (including phenoxy) is 2. The van der Waals surface area contributed by atoms with E-state index in [4.69, 9.17) is 9.47 Å². The van der Waals surface area contributed by atoms with E-state index in [9.17, 15) is 19.7 Å². The van der Waals surface area contributed by atoms with Gasteiger partial charge in [0.15, 0.2) is 6.73 Å². The highest BCUT2D eigenvalue weighted by Gasteiger charge is 2.43. The molecule has 2 heterocycles. The van der Waals surface area contributed by atoms with E-state index in [1.807, 2.05) is 0 Å². The molecule has 1 aromatic heterocycles. The van der Waals surface area contributed by atoms with E-state index in [-0.39, 0.29) is 24.6 Å². The van der Waals surface area contributed by atoms with Gasteiger partial charge in [0, 0.05) is 30.1 Å². The van der Waals surface area contributed by atoms with Gasteiger partial charge < -0.3 is 9.47 Å². The summed E-state index contributed by atoms with van der Waals surface area (Å²) in [7, 11) is 0. The van der Waals surface area contributed by atoms with Crippen molar-refractivity contribution in [2.75, 3.05) is 6.73 Å². The summed E-state index contributed by atoms with van der Waals surface area (Å²) >= 11 is 0. The molecule has 30 heavy (non-hydrogen) atoms. The fourth-order valence-electron chi connectivity index (χ4n) is 2.90. The van der Waals surface area contributed by atoms with Crippen LogP contribution in [0.4, 0.5) is 5.69 Å². The second kappa shape index (κ2) is 8.27. The molecule has 0 spiro atoms. The largest absolute Gasteiger partial charge is 0.477 e. The number of carbonyl (C=O) groups excluding carboxylic acids is 2. The molecule has 156 valence electrons. The third-order valence-corrected chi connectivity index (χ3v) is 4.76. The van der Waals surface area contributed by atoms with E-state index >= 15 is 0 Å². The zero-order valence-corrected chi connectivity index (χ0v) is 16.7. The van der Waals surface area contributed by atoms with Crippen molar-refractivity contribution >= 4 is 23.1 Å². The van der Waals surface area contributed by atoms with Gasteiger partial charge in [0.25, 0.3) is 11.6 Å². The van der Waals surface area contributed by atoms with Crippen molar-refractivity contribution in [3.8, 4) is 0 Å². The highest BCUT2D eigenvalue weighted by molar-refractivity contribution is 6.21. The van der Waals surface area contributed by atoms with Crippen molar-refractivity contribution in [1.82, 2.24) is 14.9 Å². The van der Waals surface area contributed by atoms with Crippen molar-refractivity contribution in [2.45, 2.75) is 32.9 Å². The average molecular weight is 412 g/mol. The Kier molecular flexibility index (Phi) is 5.77. The van der Waals surface area contributed by atoms with Gasteiger partial charge in [0.2, 0.25) is 0 Å². The van der Waals surface area contributed by atoms with Gasteiger partial charge in [0.1, 0.15) is 24.2 Å². The van der Waals surface area contributed by atoms with Crippen LogP contribution in [0.3, 0.4) is 0 Å². The molecule has 1 amide bonds. The highest BCUT2D eigenvalue weighted by atomic mass is 16.6. The second-order valence-electron chi connectivity index (χ2n) is 7.12. The number of nitro benzene ring substituents is 1. The molecule has 0 N–H and O–H groups in total. The van der Waals surface area contributed by atoms with Gasteiger partial charge in [-0.15, -0.1) is 0 Å². The maximum absolute atomic E-state index is 13.1. The lowest BCUT2D eigenvalue weighted by molar-refractivity contribution is -0.384. The van der Waals surface area contributed by atoms with Crippen molar-refractivity contribution in [2.24, 2.45) is 0 Å². The fraction of sp³-hybridized carbons (Fsp3) is 0.300. The van der Waals surface area contributed by atoms with E-state index < -0.39 is 22.3 Å².